The number of aryl methyl sites for hydroxylation is 1. The predicted octanol–water partition coefficient (Wildman–Crippen LogP) is 3.57. The van der Waals surface area contributed by atoms with Crippen LogP contribution in [0.25, 0.3) is 11.1 Å². The minimum absolute atomic E-state index is 0.297. The molecule has 0 saturated carbocycles. The molecule has 3 rings (SSSR count). The van der Waals surface area contributed by atoms with Gasteiger partial charge in [0.05, 0.1) is 0 Å². The Bertz CT molecular complexity index is 557. The Balaban J connectivity index is 1.98. The van der Waals surface area contributed by atoms with Crippen LogP contribution in [0.1, 0.15) is 29.5 Å². The summed E-state index contributed by atoms with van der Waals surface area (Å²) in [5, 5.41) is 8.90. The predicted molar refractivity (Wildman–Crippen MR) is 74.7 cm³/mol. The maximum atomic E-state index is 8.90. The van der Waals surface area contributed by atoms with Crippen molar-refractivity contribution in [3.05, 3.63) is 59.2 Å². The van der Waals surface area contributed by atoms with Crippen molar-refractivity contribution in [1.82, 2.24) is 0 Å². The Kier molecular flexibility index (Phi) is 3.16. The van der Waals surface area contributed by atoms with Gasteiger partial charge in [-0.25, -0.2) is 0 Å². The summed E-state index contributed by atoms with van der Waals surface area (Å²) in [6.45, 7) is 0.297. The summed E-state index contributed by atoms with van der Waals surface area (Å²) in [4.78, 5) is 0. The highest BCUT2D eigenvalue weighted by molar-refractivity contribution is 5.79. The molecule has 18 heavy (non-hydrogen) atoms. The summed E-state index contributed by atoms with van der Waals surface area (Å²) in [6, 6.07) is 15.3. The molecule has 1 aliphatic carbocycles. The van der Waals surface area contributed by atoms with Gasteiger partial charge in [0, 0.05) is 6.61 Å². The fraction of sp³-hybridized carbons (Fsp3) is 0.294. The first kappa shape index (κ1) is 11.5. The van der Waals surface area contributed by atoms with Gasteiger partial charge in [0.15, 0.2) is 0 Å². The topological polar surface area (TPSA) is 20.2 Å². The van der Waals surface area contributed by atoms with Crippen LogP contribution in [0.15, 0.2) is 42.5 Å². The number of aliphatic hydroxyl groups is 1. The van der Waals surface area contributed by atoms with E-state index >= 15 is 0 Å². The molecule has 0 spiro atoms. The second-order valence-corrected chi connectivity index (χ2v) is 4.97. The molecule has 1 nitrogen and oxygen atoms in total. The van der Waals surface area contributed by atoms with Crippen molar-refractivity contribution in [3.8, 4) is 11.1 Å². The number of aliphatic hydroxyl groups excluding tert-OH is 1. The van der Waals surface area contributed by atoms with Crippen molar-refractivity contribution in [2.24, 2.45) is 0 Å². The minimum atomic E-state index is 0.297. The number of fused-ring (bicyclic) bond motifs is 3. The van der Waals surface area contributed by atoms with Crippen molar-refractivity contribution >= 4 is 0 Å². The van der Waals surface area contributed by atoms with Gasteiger partial charge in [-0.2, -0.15) is 0 Å². The summed E-state index contributed by atoms with van der Waals surface area (Å²) in [7, 11) is 0. The zero-order chi connectivity index (χ0) is 12.4. The summed E-state index contributed by atoms with van der Waals surface area (Å²) in [5.74, 6) is 0. The molecule has 92 valence electrons. The standard InChI is InChI=1S/C17H18O/c18-11-4-3-6-13-8-5-9-15-12-14-7-1-2-10-16(14)17(13)15/h1-2,5,7-10,18H,3-4,6,11-12H2. The van der Waals surface area contributed by atoms with Crippen molar-refractivity contribution in [2.75, 3.05) is 6.61 Å². The fourth-order valence-corrected chi connectivity index (χ4v) is 2.91. The fourth-order valence-electron chi connectivity index (χ4n) is 2.91. The normalized spacial score (nSPS) is 12.3. The van der Waals surface area contributed by atoms with Gasteiger partial charge >= 0.3 is 0 Å². The van der Waals surface area contributed by atoms with E-state index < -0.39 is 0 Å². The van der Waals surface area contributed by atoms with Crippen molar-refractivity contribution in [2.45, 2.75) is 25.7 Å². The maximum absolute atomic E-state index is 8.90. The first-order valence-corrected chi connectivity index (χ1v) is 6.70. The van der Waals surface area contributed by atoms with Gasteiger partial charge in [-0.1, -0.05) is 42.5 Å². The van der Waals surface area contributed by atoms with Gasteiger partial charge < -0.3 is 5.11 Å². The summed E-state index contributed by atoms with van der Waals surface area (Å²) in [6.07, 6.45) is 4.10. The van der Waals surface area contributed by atoms with Gasteiger partial charge in [0.2, 0.25) is 0 Å². The van der Waals surface area contributed by atoms with Crippen LogP contribution in [0.3, 0.4) is 0 Å². The highest BCUT2D eigenvalue weighted by Crippen LogP contribution is 2.39. The van der Waals surface area contributed by atoms with Gasteiger partial charge in [-0.15, -0.1) is 0 Å². The molecule has 1 N–H and O–H groups in total. The summed E-state index contributed by atoms with van der Waals surface area (Å²) < 4.78 is 0. The van der Waals surface area contributed by atoms with Crippen molar-refractivity contribution < 1.29 is 5.11 Å². The lowest BCUT2D eigenvalue weighted by atomic mass is 9.96. The number of hydrogen-bond donors (Lipinski definition) is 1. The molecule has 1 aliphatic rings. The van der Waals surface area contributed by atoms with Crippen molar-refractivity contribution in [1.29, 1.82) is 0 Å². The second kappa shape index (κ2) is 4.95. The van der Waals surface area contributed by atoms with Gasteiger partial charge in [0.1, 0.15) is 0 Å². The number of unbranched alkanes of at least 4 members (excludes halogenated alkanes) is 1. The average molecular weight is 238 g/mol. The second-order valence-electron chi connectivity index (χ2n) is 4.97. The number of rotatable bonds is 4. The van der Waals surface area contributed by atoms with Crippen LogP contribution in [0.4, 0.5) is 0 Å². The van der Waals surface area contributed by atoms with Gasteiger partial charge in [-0.3, -0.25) is 0 Å². The first-order valence-electron chi connectivity index (χ1n) is 6.70. The van der Waals surface area contributed by atoms with Crippen LogP contribution in [-0.4, -0.2) is 11.7 Å². The lowest BCUT2D eigenvalue weighted by Gasteiger charge is -2.09. The monoisotopic (exact) mass is 238 g/mol. The zero-order valence-corrected chi connectivity index (χ0v) is 10.5. The number of benzene rings is 2. The van der Waals surface area contributed by atoms with Crippen LogP contribution in [-0.2, 0) is 12.8 Å². The van der Waals surface area contributed by atoms with Gasteiger partial charge in [0.25, 0.3) is 0 Å². The molecule has 0 aromatic heterocycles. The third kappa shape index (κ3) is 1.95. The molecule has 0 bridgehead atoms. The van der Waals surface area contributed by atoms with Crippen LogP contribution in [0, 0.1) is 0 Å². The van der Waals surface area contributed by atoms with E-state index in [1.165, 1.54) is 27.8 Å². The molecule has 0 fully saturated rings. The molecular weight excluding hydrogens is 220 g/mol. The van der Waals surface area contributed by atoms with Crippen molar-refractivity contribution in [3.63, 3.8) is 0 Å². The summed E-state index contributed by atoms with van der Waals surface area (Å²) >= 11 is 0. The van der Waals surface area contributed by atoms with Crippen LogP contribution >= 0.6 is 0 Å². The molecule has 0 amide bonds. The van der Waals surface area contributed by atoms with Crippen LogP contribution in [0.2, 0.25) is 0 Å². The number of hydrogen-bond acceptors (Lipinski definition) is 1. The lowest BCUT2D eigenvalue weighted by Crippen LogP contribution is -1.92. The maximum Gasteiger partial charge on any atom is 0.0431 e. The van der Waals surface area contributed by atoms with E-state index in [-0.39, 0.29) is 0 Å². The van der Waals surface area contributed by atoms with Crippen LogP contribution in [0.5, 0.6) is 0 Å². The van der Waals surface area contributed by atoms with E-state index in [1.54, 1.807) is 0 Å². The molecular formula is C17H18O. The Morgan fingerprint density at radius 1 is 0.889 bits per heavy atom. The third-order valence-corrected chi connectivity index (χ3v) is 3.76. The van der Waals surface area contributed by atoms with E-state index in [1.807, 2.05) is 0 Å². The highest BCUT2D eigenvalue weighted by atomic mass is 16.2. The molecule has 2 aromatic rings. The van der Waals surface area contributed by atoms with E-state index in [0.717, 1.165) is 25.7 Å². The minimum Gasteiger partial charge on any atom is -0.396 e. The Hall–Kier alpha value is -1.60. The molecule has 0 heterocycles. The summed E-state index contributed by atoms with van der Waals surface area (Å²) in [5.41, 5.74) is 7.20. The Morgan fingerprint density at radius 3 is 2.61 bits per heavy atom. The molecule has 2 aromatic carbocycles. The molecule has 1 heteroatoms. The third-order valence-electron chi connectivity index (χ3n) is 3.76. The molecule has 0 atom stereocenters. The van der Waals surface area contributed by atoms with E-state index in [4.69, 9.17) is 5.11 Å². The quantitative estimate of drug-likeness (QED) is 0.689. The molecule has 0 aliphatic heterocycles. The van der Waals surface area contributed by atoms with E-state index in [9.17, 15) is 0 Å². The van der Waals surface area contributed by atoms with E-state index in [0.29, 0.717) is 6.61 Å². The average Bonchev–Trinajstić information content (AvgIpc) is 2.78. The molecule has 0 radical (unpaired) electrons. The lowest BCUT2D eigenvalue weighted by molar-refractivity contribution is 0.284. The highest BCUT2D eigenvalue weighted by Gasteiger charge is 2.19. The Morgan fingerprint density at radius 2 is 1.72 bits per heavy atom. The first-order chi connectivity index (χ1) is 8.90. The largest absolute Gasteiger partial charge is 0.396 e. The van der Waals surface area contributed by atoms with Crippen LogP contribution < -0.4 is 0 Å². The molecule has 0 saturated heterocycles. The smallest absolute Gasteiger partial charge is 0.0431 e. The van der Waals surface area contributed by atoms with E-state index in [2.05, 4.69) is 42.5 Å². The molecule has 0 unspecified atom stereocenters. The SMILES string of the molecule is OCCCCc1cccc2c1-c1ccccc1C2. The zero-order valence-electron chi connectivity index (χ0n) is 10.5. The Labute approximate surface area is 108 Å². The van der Waals surface area contributed by atoms with Gasteiger partial charge in [-0.05, 0) is 53.5 Å².